The number of benzene rings is 3. The van der Waals surface area contributed by atoms with E-state index in [1.165, 1.54) is 19.2 Å². The topological polar surface area (TPSA) is 89.0 Å². The lowest BCUT2D eigenvalue weighted by molar-refractivity contribution is -0.136. The van der Waals surface area contributed by atoms with Gasteiger partial charge in [0.25, 0.3) is 0 Å². The molecule has 176 valence electrons. The summed E-state index contributed by atoms with van der Waals surface area (Å²) in [6.45, 7) is 5.64. The summed E-state index contributed by atoms with van der Waals surface area (Å²) >= 11 is 0. The maximum Gasteiger partial charge on any atom is 0.329 e. The summed E-state index contributed by atoms with van der Waals surface area (Å²) in [5, 5.41) is 6.65. The third-order valence-corrected chi connectivity index (χ3v) is 5.14. The van der Waals surface area contributed by atoms with Gasteiger partial charge in [-0.05, 0) is 67.8 Å². The van der Waals surface area contributed by atoms with Crippen molar-refractivity contribution in [3.63, 3.8) is 0 Å². The van der Waals surface area contributed by atoms with Gasteiger partial charge in [0, 0.05) is 11.3 Å². The highest BCUT2D eigenvalue weighted by molar-refractivity contribution is 6.39. The van der Waals surface area contributed by atoms with Crippen LogP contribution in [-0.2, 0) is 16.2 Å². The molecule has 34 heavy (non-hydrogen) atoms. The van der Waals surface area contributed by atoms with E-state index in [0.717, 1.165) is 16.7 Å². The number of aryl methyl sites for hydroxylation is 2. The number of carbonyl (C=O) groups excluding carboxylic acids is 2. The molecular weight excluding hydrogens is 437 g/mol. The molecule has 2 amide bonds. The lowest BCUT2D eigenvalue weighted by atomic mass is 10.1. The number of hydrogen-bond donors (Lipinski definition) is 2. The zero-order valence-corrected chi connectivity index (χ0v) is 19.4. The molecule has 0 aliphatic heterocycles. The Labute approximate surface area is 197 Å². The van der Waals surface area contributed by atoms with Crippen LogP contribution in [0.2, 0.25) is 0 Å². The van der Waals surface area contributed by atoms with Crippen LogP contribution in [0.3, 0.4) is 0 Å². The number of ether oxygens (including phenoxy) is 2. The Morgan fingerprint density at radius 3 is 2.26 bits per heavy atom. The maximum atomic E-state index is 13.1. The van der Waals surface area contributed by atoms with Crippen molar-refractivity contribution in [1.82, 2.24) is 5.43 Å². The van der Waals surface area contributed by atoms with Crippen LogP contribution in [-0.4, -0.2) is 24.6 Å². The molecule has 0 heterocycles. The van der Waals surface area contributed by atoms with Gasteiger partial charge in [0.15, 0.2) is 11.5 Å². The van der Waals surface area contributed by atoms with Crippen LogP contribution < -0.4 is 20.2 Å². The van der Waals surface area contributed by atoms with Crippen molar-refractivity contribution in [1.29, 1.82) is 0 Å². The third kappa shape index (κ3) is 6.19. The van der Waals surface area contributed by atoms with Crippen molar-refractivity contribution in [3.05, 3.63) is 88.7 Å². The summed E-state index contributed by atoms with van der Waals surface area (Å²) < 4.78 is 24.2. The summed E-state index contributed by atoms with van der Waals surface area (Å²) in [7, 11) is 1.51. The number of nitrogens with one attached hydrogen (secondary N) is 2. The Balaban J connectivity index is 1.64. The number of carbonyl (C=O) groups is 2. The first-order chi connectivity index (χ1) is 16.3. The SMILES string of the molecule is COc1cc(/C(C)=N/NC(=O)C(=O)Nc2c(C)cccc2C)ccc1OCc1ccc(F)cc1. The molecule has 0 radical (unpaired) electrons. The van der Waals surface area contributed by atoms with Gasteiger partial charge in [-0.25, -0.2) is 9.82 Å². The van der Waals surface area contributed by atoms with Crippen LogP contribution in [0.4, 0.5) is 10.1 Å². The van der Waals surface area contributed by atoms with Gasteiger partial charge in [-0.2, -0.15) is 5.10 Å². The Morgan fingerprint density at radius 1 is 0.941 bits per heavy atom. The van der Waals surface area contributed by atoms with E-state index in [-0.39, 0.29) is 12.4 Å². The second-order valence-electron chi connectivity index (χ2n) is 7.64. The Hall–Kier alpha value is -4.20. The molecule has 0 bridgehead atoms. The molecule has 3 rings (SSSR count). The fraction of sp³-hybridized carbons (Fsp3) is 0.192. The molecule has 8 heteroatoms. The highest BCUT2D eigenvalue weighted by atomic mass is 19.1. The largest absolute Gasteiger partial charge is 0.493 e. The Bertz CT molecular complexity index is 1200. The molecule has 7 nitrogen and oxygen atoms in total. The molecule has 0 unspecified atom stereocenters. The molecule has 0 atom stereocenters. The van der Waals surface area contributed by atoms with Gasteiger partial charge in [0.2, 0.25) is 0 Å². The average molecular weight is 464 g/mol. The van der Waals surface area contributed by atoms with E-state index >= 15 is 0 Å². The molecular formula is C26H26FN3O4. The molecule has 2 N–H and O–H groups in total. The zero-order chi connectivity index (χ0) is 24.7. The van der Waals surface area contributed by atoms with E-state index in [2.05, 4.69) is 15.8 Å². The van der Waals surface area contributed by atoms with Gasteiger partial charge in [-0.1, -0.05) is 30.3 Å². The van der Waals surface area contributed by atoms with Crippen LogP contribution >= 0.6 is 0 Å². The second-order valence-corrected chi connectivity index (χ2v) is 7.64. The van der Waals surface area contributed by atoms with Crippen molar-refractivity contribution in [3.8, 4) is 11.5 Å². The van der Waals surface area contributed by atoms with Crippen LogP contribution in [0.5, 0.6) is 11.5 Å². The molecule has 3 aromatic carbocycles. The first-order valence-corrected chi connectivity index (χ1v) is 10.6. The standard InChI is InChI=1S/C26H26FN3O4/c1-16-6-5-7-17(2)24(16)28-25(31)26(32)30-29-18(3)20-10-13-22(23(14-20)33-4)34-15-19-8-11-21(27)12-9-19/h5-14H,15H2,1-4H3,(H,28,31)(H,30,32)/b29-18+. The fourth-order valence-electron chi connectivity index (χ4n) is 3.19. The van der Waals surface area contributed by atoms with E-state index in [9.17, 15) is 14.0 Å². The van der Waals surface area contributed by atoms with Crippen LogP contribution in [0.25, 0.3) is 0 Å². The molecule has 0 aromatic heterocycles. The van der Waals surface area contributed by atoms with E-state index in [0.29, 0.717) is 28.5 Å². The van der Waals surface area contributed by atoms with E-state index < -0.39 is 11.8 Å². The van der Waals surface area contributed by atoms with Gasteiger partial charge < -0.3 is 14.8 Å². The number of para-hydroxylation sites is 1. The number of hydrogen-bond acceptors (Lipinski definition) is 5. The van der Waals surface area contributed by atoms with Gasteiger partial charge in [0.05, 0.1) is 12.8 Å². The number of hydrazone groups is 1. The van der Waals surface area contributed by atoms with Crippen LogP contribution in [0.1, 0.15) is 29.2 Å². The number of amides is 2. The molecule has 0 aliphatic rings. The lowest BCUT2D eigenvalue weighted by Gasteiger charge is -2.13. The van der Waals surface area contributed by atoms with Crippen molar-refractivity contribution in [2.75, 3.05) is 12.4 Å². The minimum atomic E-state index is -0.881. The van der Waals surface area contributed by atoms with Gasteiger partial charge in [0.1, 0.15) is 12.4 Å². The Morgan fingerprint density at radius 2 is 1.62 bits per heavy atom. The second kappa shape index (κ2) is 11.1. The predicted molar refractivity (Wildman–Crippen MR) is 129 cm³/mol. The first kappa shape index (κ1) is 24.4. The third-order valence-electron chi connectivity index (χ3n) is 5.14. The molecule has 0 aliphatic carbocycles. The highest BCUT2D eigenvalue weighted by Gasteiger charge is 2.16. The summed E-state index contributed by atoms with van der Waals surface area (Å²) in [6.07, 6.45) is 0. The molecule has 0 saturated heterocycles. The highest BCUT2D eigenvalue weighted by Crippen LogP contribution is 2.29. The molecule has 0 saturated carbocycles. The first-order valence-electron chi connectivity index (χ1n) is 10.6. The summed E-state index contributed by atoms with van der Waals surface area (Å²) in [5.74, 6) is -1.03. The monoisotopic (exact) mass is 463 g/mol. The summed E-state index contributed by atoms with van der Waals surface area (Å²) in [4.78, 5) is 24.5. The Kier molecular flexibility index (Phi) is 7.97. The molecule has 3 aromatic rings. The van der Waals surface area contributed by atoms with Crippen LogP contribution in [0, 0.1) is 19.7 Å². The van der Waals surface area contributed by atoms with E-state index in [1.54, 1.807) is 37.3 Å². The van der Waals surface area contributed by atoms with E-state index in [4.69, 9.17) is 9.47 Å². The number of rotatable bonds is 7. The maximum absolute atomic E-state index is 13.1. The number of nitrogens with zero attached hydrogens (tertiary/aromatic N) is 1. The van der Waals surface area contributed by atoms with Crippen LogP contribution in [0.15, 0.2) is 65.8 Å². The summed E-state index contributed by atoms with van der Waals surface area (Å²) in [5.41, 5.74) is 6.54. The van der Waals surface area contributed by atoms with Crippen molar-refractivity contribution in [2.24, 2.45) is 5.10 Å². The normalized spacial score (nSPS) is 11.0. The lowest BCUT2D eigenvalue weighted by Crippen LogP contribution is -2.33. The average Bonchev–Trinajstić information content (AvgIpc) is 2.84. The molecule has 0 fully saturated rings. The van der Waals surface area contributed by atoms with Gasteiger partial charge in [-0.15, -0.1) is 0 Å². The number of halogens is 1. The van der Waals surface area contributed by atoms with Gasteiger partial charge >= 0.3 is 11.8 Å². The zero-order valence-electron chi connectivity index (χ0n) is 19.4. The minimum Gasteiger partial charge on any atom is -0.493 e. The predicted octanol–water partition coefficient (Wildman–Crippen LogP) is 4.51. The van der Waals surface area contributed by atoms with Gasteiger partial charge in [-0.3, -0.25) is 9.59 Å². The molecule has 0 spiro atoms. The van der Waals surface area contributed by atoms with E-state index in [1.807, 2.05) is 32.0 Å². The number of anilines is 1. The quantitative estimate of drug-likeness (QED) is 0.307. The smallest absolute Gasteiger partial charge is 0.329 e. The van der Waals surface area contributed by atoms with Crippen molar-refractivity contribution < 1.29 is 23.5 Å². The summed E-state index contributed by atoms with van der Waals surface area (Å²) in [6, 6.07) is 16.8. The number of methoxy groups -OCH3 is 1. The van der Waals surface area contributed by atoms with Crippen molar-refractivity contribution in [2.45, 2.75) is 27.4 Å². The fourth-order valence-corrected chi connectivity index (χ4v) is 3.19. The minimum absolute atomic E-state index is 0.245. The van der Waals surface area contributed by atoms with Crippen molar-refractivity contribution >= 4 is 23.2 Å².